The van der Waals surface area contributed by atoms with Gasteiger partial charge in [-0.05, 0) is 25.0 Å². The van der Waals surface area contributed by atoms with Gasteiger partial charge in [-0.25, -0.2) is 17.9 Å². The molecule has 1 aromatic rings. The second kappa shape index (κ2) is 5.03. The van der Waals surface area contributed by atoms with Crippen molar-refractivity contribution in [3.8, 4) is 6.07 Å². The van der Waals surface area contributed by atoms with E-state index in [9.17, 15) is 13.2 Å². The molecule has 2 atom stereocenters. The third kappa shape index (κ3) is 2.77. The lowest BCUT2D eigenvalue weighted by Gasteiger charge is -2.14. The van der Waals surface area contributed by atoms with Crippen LogP contribution < -0.4 is 4.72 Å². The summed E-state index contributed by atoms with van der Waals surface area (Å²) >= 11 is 0. The van der Waals surface area contributed by atoms with Crippen LogP contribution in [0.25, 0.3) is 0 Å². The van der Waals surface area contributed by atoms with E-state index in [-0.39, 0.29) is 5.92 Å². The average Bonchev–Trinajstić information content (AvgIpc) is 2.95. The van der Waals surface area contributed by atoms with Crippen molar-refractivity contribution in [2.75, 3.05) is 0 Å². The normalized spacial score (nSPS) is 23.1. The van der Waals surface area contributed by atoms with Gasteiger partial charge in [0, 0.05) is 6.04 Å². The molecule has 0 bridgehead atoms. The second-order valence-corrected chi connectivity index (χ2v) is 5.96. The topological polar surface area (TPSA) is 120 Å². The molecule has 19 heavy (non-hydrogen) atoms. The summed E-state index contributed by atoms with van der Waals surface area (Å²) in [6, 6.07) is 3.77. The van der Waals surface area contributed by atoms with Crippen molar-refractivity contribution in [2.45, 2.75) is 30.4 Å². The van der Waals surface area contributed by atoms with Crippen LogP contribution in [-0.4, -0.2) is 25.5 Å². The Morgan fingerprint density at radius 3 is 2.79 bits per heavy atom. The fraction of sp³-hybridized carbons (Fsp3) is 0.455. The van der Waals surface area contributed by atoms with Gasteiger partial charge in [0.15, 0.2) is 0 Å². The molecule has 7 nitrogen and oxygen atoms in total. The van der Waals surface area contributed by atoms with Crippen molar-refractivity contribution in [2.24, 2.45) is 5.92 Å². The maximum atomic E-state index is 12.0. The first-order chi connectivity index (χ1) is 8.94. The largest absolute Gasteiger partial charge is 0.475 e. The molecule has 1 fully saturated rings. The van der Waals surface area contributed by atoms with E-state index in [1.807, 2.05) is 0 Å². The Bertz CT molecular complexity index is 628. The van der Waals surface area contributed by atoms with Crippen LogP contribution in [0.4, 0.5) is 0 Å². The molecule has 8 heteroatoms. The Balaban J connectivity index is 2.18. The van der Waals surface area contributed by atoms with Crippen LogP contribution in [0, 0.1) is 17.2 Å². The number of hydrogen-bond acceptors (Lipinski definition) is 5. The van der Waals surface area contributed by atoms with E-state index < -0.39 is 32.9 Å². The number of furan rings is 1. The Kier molecular flexibility index (Phi) is 3.59. The zero-order chi connectivity index (χ0) is 14.0. The third-order valence-corrected chi connectivity index (χ3v) is 4.41. The van der Waals surface area contributed by atoms with Crippen LogP contribution >= 0.6 is 0 Å². The van der Waals surface area contributed by atoms with Gasteiger partial charge in [-0.1, -0.05) is 6.42 Å². The Hall–Kier alpha value is -1.85. The molecule has 1 aliphatic carbocycles. The van der Waals surface area contributed by atoms with E-state index in [0.29, 0.717) is 12.8 Å². The molecule has 2 N–H and O–H groups in total. The van der Waals surface area contributed by atoms with E-state index in [2.05, 4.69) is 10.8 Å². The molecule has 0 spiro atoms. The van der Waals surface area contributed by atoms with Gasteiger partial charge >= 0.3 is 5.97 Å². The maximum absolute atomic E-state index is 12.0. The fourth-order valence-corrected chi connectivity index (χ4v) is 3.34. The minimum atomic E-state index is -3.93. The number of hydrogen-bond donors (Lipinski definition) is 2. The summed E-state index contributed by atoms with van der Waals surface area (Å²) in [6.07, 6.45) is 2.02. The monoisotopic (exact) mass is 284 g/mol. The summed E-state index contributed by atoms with van der Waals surface area (Å²) in [5.41, 5.74) is 0. The van der Waals surface area contributed by atoms with Crippen molar-refractivity contribution in [3.05, 3.63) is 17.9 Å². The Morgan fingerprint density at radius 1 is 1.47 bits per heavy atom. The third-order valence-electron chi connectivity index (χ3n) is 3.05. The summed E-state index contributed by atoms with van der Waals surface area (Å²) in [5.74, 6) is -2.13. The minimum absolute atomic E-state index is 0.358. The van der Waals surface area contributed by atoms with Crippen molar-refractivity contribution < 1.29 is 22.7 Å². The highest BCUT2D eigenvalue weighted by atomic mass is 32.2. The summed E-state index contributed by atoms with van der Waals surface area (Å²) in [6.45, 7) is 0. The SMILES string of the molecule is N#CC1CCCC1NS(=O)(=O)c1ccc(C(=O)O)o1. The zero-order valence-corrected chi connectivity index (χ0v) is 10.7. The summed E-state index contributed by atoms with van der Waals surface area (Å²) in [4.78, 5) is 10.6. The van der Waals surface area contributed by atoms with Crippen molar-refractivity contribution in [1.29, 1.82) is 5.26 Å². The predicted molar refractivity (Wildman–Crippen MR) is 62.7 cm³/mol. The van der Waals surface area contributed by atoms with Crippen molar-refractivity contribution in [1.82, 2.24) is 4.72 Å². The second-order valence-electron chi connectivity index (χ2n) is 4.32. The molecule has 0 saturated heterocycles. The average molecular weight is 284 g/mol. The number of carboxylic acid groups (broad SMARTS) is 1. The number of nitriles is 1. The molecule has 0 aromatic carbocycles. The number of carboxylic acids is 1. The van der Waals surface area contributed by atoms with Crippen LogP contribution in [0.15, 0.2) is 21.6 Å². The number of aromatic carboxylic acids is 1. The number of nitrogens with one attached hydrogen (secondary N) is 1. The number of sulfonamides is 1. The van der Waals surface area contributed by atoms with Gasteiger partial charge in [-0.3, -0.25) is 0 Å². The summed E-state index contributed by atoms with van der Waals surface area (Å²) < 4.78 is 31.1. The van der Waals surface area contributed by atoms with Gasteiger partial charge in [0.2, 0.25) is 10.9 Å². The number of carbonyl (C=O) groups is 1. The highest BCUT2D eigenvalue weighted by Gasteiger charge is 2.32. The van der Waals surface area contributed by atoms with Gasteiger partial charge in [0.25, 0.3) is 10.0 Å². The maximum Gasteiger partial charge on any atom is 0.371 e. The number of nitrogens with zero attached hydrogens (tertiary/aromatic N) is 1. The Labute approximate surface area is 109 Å². The molecule has 102 valence electrons. The predicted octanol–water partition coefficient (Wildman–Crippen LogP) is 0.948. The summed E-state index contributed by atoms with van der Waals surface area (Å²) in [7, 11) is -3.93. The molecule has 0 radical (unpaired) electrons. The molecule has 1 saturated carbocycles. The lowest BCUT2D eigenvalue weighted by atomic mass is 10.1. The first-order valence-corrected chi connectivity index (χ1v) is 7.17. The molecular weight excluding hydrogens is 272 g/mol. The van der Waals surface area contributed by atoms with Crippen LogP contribution in [0.3, 0.4) is 0 Å². The fourth-order valence-electron chi connectivity index (χ4n) is 2.09. The summed E-state index contributed by atoms with van der Waals surface area (Å²) in [5, 5.41) is 17.1. The van der Waals surface area contributed by atoms with Crippen LogP contribution in [-0.2, 0) is 10.0 Å². The zero-order valence-electron chi connectivity index (χ0n) is 9.87. The quantitative estimate of drug-likeness (QED) is 0.849. The lowest BCUT2D eigenvalue weighted by Crippen LogP contribution is -2.36. The molecule has 0 aliphatic heterocycles. The van der Waals surface area contributed by atoms with Gasteiger partial charge in [0.05, 0.1) is 12.0 Å². The van der Waals surface area contributed by atoms with Crippen LogP contribution in [0.1, 0.15) is 29.8 Å². The standard InChI is InChI=1S/C11H12N2O5S/c12-6-7-2-1-3-8(7)13-19(16,17)10-5-4-9(18-10)11(14)15/h4-5,7-8,13H,1-3H2,(H,14,15). The molecule has 2 rings (SSSR count). The molecule has 1 aliphatic rings. The smallest absolute Gasteiger partial charge is 0.371 e. The van der Waals surface area contributed by atoms with Gasteiger partial charge in [0.1, 0.15) is 0 Å². The van der Waals surface area contributed by atoms with E-state index in [1.165, 1.54) is 0 Å². The van der Waals surface area contributed by atoms with E-state index in [4.69, 9.17) is 14.8 Å². The van der Waals surface area contributed by atoms with Gasteiger partial charge in [-0.2, -0.15) is 5.26 Å². The van der Waals surface area contributed by atoms with Crippen LogP contribution in [0.5, 0.6) is 0 Å². The molecule has 2 unspecified atom stereocenters. The van der Waals surface area contributed by atoms with Gasteiger partial charge in [-0.15, -0.1) is 0 Å². The van der Waals surface area contributed by atoms with Crippen molar-refractivity contribution >= 4 is 16.0 Å². The first kappa shape index (κ1) is 13.6. The van der Waals surface area contributed by atoms with E-state index in [0.717, 1.165) is 18.6 Å². The molecule has 0 amide bonds. The minimum Gasteiger partial charge on any atom is -0.475 e. The molecule has 1 aromatic heterocycles. The molecular formula is C11H12N2O5S. The van der Waals surface area contributed by atoms with Crippen LogP contribution in [0.2, 0.25) is 0 Å². The van der Waals surface area contributed by atoms with Gasteiger partial charge < -0.3 is 9.52 Å². The van der Waals surface area contributed by atoms with Crippen molar-refractivity contribution in [3.63, 3.8) is 0 Å². The first-order valence-electron chi connectivity index (χ1n) is 5.69. The lowest BCUT2D eigenvalue weighted by molar-refractivity contribution is 0.0656. The molecule has 1 heterocycles. The van der Waals surface area contributed by atoms with E-state index in [1.54, 1.807) is 0 Å². The van der Waals surface area contributed by atoms with E-state index >= 15 is 0 Å². The number of rotatable bonds is 4. The highest BCUT2D eigenvalue weighted by molar-refractivity contribution is 7.89. The highest BCUT2D eigenvalue weighted by Crippen LogP contribution is 2.26. The Morgan fingerprint density at radius 2 is 2.21 bits per heavy atom.